The van der Waals surface area contributed by atoms with E-state index in [2.05, 4.69) is 46.2 Å². The highest BCUT2D eigenvalue weighted by atomic mass is 16.5. The first kappa shape index (κ1) is 20.3. The van der Waals surface area contributed by atoms with Crippen LogP contribution in [0.2, 0.25) is 0 Å². The molecular weight excluding hydrogens is 400 g/mol. The van der Waals surface area contributed by atoms with Gasteiger partial charge in [0.2, 0.25) is 5.91 Å². The fourth-order valence-corrected chi connectivity index (χ4v) is 5.42. The Hall–Kier alpha value is -2.34. The van der Waals surface area contributed by atoms with E-state index in [4.69, 9.17) is 9.84 Å². The van der Waals surface area contributed by atoms with Gasteiger partial charge in [-0.15, -0.1) is 0 Å². The average molecular weight is 435 g/mol. The summed E-state index contributed by atoms with van der Waals surface area (Å²) in [5.41, 5.74) is 4.34. The second-order valence-corrected chi connectivity index (χ2v) is 10.1. The minimum absolute atomic E-state index is 0.222. The lowest BCUT2D eigenvalue weighted by Gasteiger charge is -2.38. The molecule has 1 N–H and O–H groups in total. The van der Waals surface area contributed by atoms with Gasteiger partial charge >= 0.3 is 0 Å². The fourth-order valence-electron chi connectivity index (χ4n) is 5.42. The second kappa shape index (κ2) is 8.22. The van der Waals surface area contributed by atoms with Crippen molar-refractivity contribution in [2.75, 3.05) is 18.0 Å². The minimum Gasteiger partial charge on any atom is -0.489 e. The van der Waals surface area contributed by atoms with Gasteiger partial charge < -0.3 is 15.0 Å². The van der Waals surface area contributed by atoms with Crippen LogP contribution >= 0.6 is 0 Å². The third-order valence-electron chi connectivity index (χ3n) is 7.82. The number of benzene rings is 1. The maximum Gasteiger partial charge on any atom is 0.230 e. The Balaban J connectivity index is 1.39. The van der Waals surface area contributed by atoms with Gasteiger partial charge in [0.15, 0.2) is 0 Å². The zero-order valence-corrected chi connectivity index (χ0v) is 19.1. The Morgan fingerprint density at radius 3 is 2.59 bits per heavy atom. The fraction of sp³-hybridized carbons (Fsp3) is 0.615. The summed E-state index contributed by atoms with van der Waals surface area (Å²) in [4.78, 5) is 15.2. The zero-order valence-electron chi connectivity index (χ0n) is 19.1. The normalized spacial score (nSPS) is 24.2. The smallest absolute Gasteiger partial charge is 0.230 e. The van der Waals surface area contributed by atoms with Crippen LogP contribution in [0.5, 0.6) is 5.75 Å². The number of carbonyl (C=O) groups is 1. The summed E-state index contributed by atoms with van der Waals surface area (Å²) in [6.07, 6.45) is 12.1. The van der Waals surface area contributed by atoms with Crippen molar-refractivity contribution >= 4 is 11.6 Å². The number of hydrogen-bond acceptors (Lipinski definition) is 4. The Labute approximate surface area is 190 Å². The number of aromatic nitrogens is 2. The predicted molar refractivity (Wildman–Crippen MR) is 125 cm³/mol. The molecule has 0 spiro atoms. The number of nitrogens with zero attached hydrogens (tertiary/aromatic N) is 3. The largest absolute Gasteiger partial charge is 0.489 e. The first-order valence-corrected chi connectivity index (χ1v) is 12.6. The topological polar surface area (TPSA) is 59.4 Å². The van der Waals surface area contributed by atoms with Crippen molar-refractivity contribution in [3.05, 3.63) is 30.0 Å². The van der Waals surface area contributed by atoms with Crippen LogP contribution in [0.25, 0.3) is 11.3 Å². The number of carbonyl (C=O) groups excluding carboxylic acids is 1. The molecule has 3 heterocycles. The van der Waals surface area contributed by atoms with Crippen LogP contribution in [0, 0.1) is 5.92 Å². The van der Waals surface area contributed by atoms with Crippen LogP contribution in [0.1, 0.15) is 69.9 Å². The third kappa shape index (κ3) is 3.62. The molecule has 0 radical (unpaired) electrons. The van der Waals surface area contributed by atoms with Gasteiger partial charge in [-0.2, -0.15) is 5.10 Å². The molecule has 2 aliphatic heterocycles. The van der Waals surface area contributed by atoms with Gasteiger partial charge in [0, 0.05) is 29.3 Å². The van der Waals surface area contributed by atoms with E-state index >= 15 is 0 Å². The van der Waals surface area contributed by atoms with Crippen LogP contribution < -0.4 is 15.0 Å². The Morgan fingerprint density at radius 2 is 1.88 bits per heavy atom. The molecule has 1 amide bonds. The minimum atomic E-state index is 0.222. The molecule has 3 fully saturated rings. The molecule has 170 valence electrons. The molecule has 1 atom stereocenters. The van der Waals surface area contributed by atoms with E-state index in [1.54, 1.807) is 0 Å². The molecule has 1 unspecified atom stereocenters. The highest BCUT2D eigenvalue weighted by Gasteiger charge is 2.39. The molecular formula is C26H34N4O2. The molecule has 32 heavy (non-hydrogen) atoms. The molecule has 6 heteroatoms. The van der Waals surface area contributed by atoms with E-state index in [9.17, 15) is 4.79 Å². The first-order valence-electron chi connectivity index (χ1n) is 12.6. The van der Waals surface area contributed by atoms with Gasteiger partial charge in [-0.05, 0) is 96.0 Å². The number of piperidine rings is 1. The zero-order chi connectivity index (χ0) is 21.7. The highest BCUT2D eigenvalue weighted by molar-refractivity contribution is 5.99. The molecule has 0 bridgehead atoms. The van der Waals surface area contributed by atoms with Gasteiger partial charge in [0.05, 0.1) is 23.5 Å². The van der Waals surface area contributed by atoms with E-state index in [1.165, 1.54) is 12.0 Å². The predicted octanol–water partition coefficient (Wildman–Crippen LogP) is 4.48. The van der Waals surface area contributed by atoms with Crippen LogP contribution in [0.4, 0.5) is 5.69 Å². The van der Waals surface area contributed by atoms with Crippen molar-refractivity contribution in [3.8, 4) is 17.0 Å². The van der Waals surface area contributed by atoms with Gasteiger partial charge in [-0.3, -0.25) is 9.48 Å². The van der Waals surface area contributed by atoms with E-state index in [1.807, 2.05) is 0 Å². The molecule has 4 aliphatic rings. The SMILES string of the molecule is CC1CCc2c(ccc(-c3ccn(C4CCNCC4)n3)c2OC2CCC2)N1C(=O)C1CC1. The molecule has 1 aromatic heterocycles. The molecule has 2 aromatic rings. The maximum absolute atomic E-state index is 13.1. The number of fused-ring (bicyclic) bond motifs is 1. The molecule has 1 saturated heterocycles. The number of hydrogen-bond donors (Lipinski definition) is 1. The van der Waals surface area contributed by atoms with Crippen molar-refractivity contribution < 1.29 is 9.53 Å². The van der Waals surface area contributed by atoms with Gasteiger partial charge in [0.25, 0.3) is 0 Å². The standard InChI is InChI=1S/C26H34N4O2/c1-17-5-8-22-24(30(17)26(31)18-6-7-18)10-9-21(25(22)32-20-3-2-4-20)23-13-16-29(28-23)19-11-14-27-15-12-19/h9-10,13,16-20,27H,2-8,11-12,14-15H2,1H3. The van der Waals surface area contributed by atoms with Crippen molar-refractivity contribution in [2.24, 2.45) is 5.92 Å². The quantitative estimate of drug-likeness (QED) is 0.754. The lowest BCUT2D eigenvalue weighted by Crippen LogP contribution is -2.43. The van der Waals surface area contributed by atoms with E-state index in [-0.39, 0.29) is 12.0 Å². The summed E-state index contributed by atoms with van der Waals surface area (Å²) in [5, 5.41) is 8.44. The van der Waals surface area contributed by atoms with Gasteiger partial charge in [-0.1, -0.05) is 0 Å². The lowest BCUT2D eigenvalue weighted by atomic mass is 9.91. The van der Waals surface area contributed by atoms with Crippen LogP contribution in [-0.4, -0.2) is 40.9 Å². The van der Waals surface area contributed by atoms with E-state index < -0.39 is 0 Å². The maximum atomic E-state index is 13.1. The summed E-state index contributed by atoms with van der Waals surface area (Å²) >= 11 is 0. The summed E-state index contributed by atoms with van der Waals surface area (Å²) in [6, 6.07) is 7.14. The van der Waals surface area contributed by atoms with Crippen LogP contribution in [0.15, 0.2) is 24.4 Å². The monoisotopic (exact) mass is 434 g/mol. The molecule has 6 rings (SSSR count). The van der Waals surface area contributed by atoms with Crippen LogP contribution in [-0.2, 0) is 11.2 Å². The van der Waals surface area contributed by atoms with E-state index in [0.29, 0.717) is 18.1 Å². The van der Waals surface area contributed by atoms with Crippen molar-refractivity contribution in [2.45, 2.75) is 82.9 Å². The van der Waals surface area contributed by atoms with Crippen molar-refractivity contribution in [1.82, 2.24) is 15.1 Å². The van der Waals surface area contributed by atoms with Gasteiger partial charge in [0.1, 0.15) is 5.75 Å². The Morgan fingerprint density at radius 1 is 1.06 bits per heavy atom. The Kier molecular flexibility index (Phi) is 5.21. The number of rotatable bonds is 5. The van der Waals surface area contributed by atoms with Crippen molar-refractivity contribution in [3.63, 3.8) is 0 Å². The molecule has 1 aromatic carbocycles. The van der Waals surface area contributed by atoms with E-state index in [0.717, 1.165) is 87.2 Å². The average Bonchev–Trinajstić information content (AvgIpc) is 3.53. The Bertz CT molecular complexity index is 1000. The number of nitrogens with one attached hydrogen (secondary N) is 1. The number of amides is 1. The van der Waals surface area contributed by atoms with Crippen molar-refractivity contribution in [1.29, 1.82) is 0 Å². The molecule has 2 saturated carbocycles. The number of ether oxygens (including phenoxy) is 1. The summed E-state index contributed by atoms with van der Waals surface area (Å²) < 4.78 is 8.78. The number of anilines is 1. The van der Waals surface area contributed by atoms with Crippen LogP contribution in [0.3, 0.4) is 0 Å². The summed E-state index contributed by atoms with van der Waals surface area (Å²) in [7, 11) is 0. The lowest BCUT2D eigenvalue weighted by molar-refractivity contribution is -0.120. The summed E-state index contributed by atoms with van der Waals surface area (Å²) in [5.74, 6) is 1.50. The second-order valence-electron chi connectivity index (χ2n) is 10.1. The van der Waals surface area contributed by atoms with Gasteiger partial charge in [-0.25, -0.2) is 0 Å². The summed E-state index contributed by atoms with van der Waals surface area (Å²) in [6.45, 7) is 4.29. The highest BCUT2D eigenvalue weighted by Crippen LogP contribution is 2.46. The molecule has 6 nitrogen and oxygen atoms in total. The molecule has 2 aliphatic carbocycles. The third-order valence-corrected chi connectivity index (χ3v) is 7.82. The first-order chi connectivity index (χ1) is 15.7.